The average Bonchev–Trinajstić information content (AvgIpc) is 2.96. The lowest BCUT2D eigenvalue weighted by atomic mass is 9.76. The lowest BCUT2D eigenvalue weighted by molar-refractivity contribution is -0.131. The zero-order valence-electron chi connectivity index (χ0n) is 15.2. The number of benzene rings is 1. The Hall–Kier alpha value is -2.04. The van der Waals surface area contributed by atoms with Crippen LogP contribution in [0.1, 0.15) is 37.3 Å². The minimum Gasteiger partial charge on any atom is -0.497 e. The third kappa shape index (κ3) is 2.14. The Balaban J connectivity index is 1.89. The van der Waals surface area contributed by atoms with Crippen molar-refractivity contribution in [1.29, 1.82) is 0 Å². The molecular formula is C20H26N2O3. The molecule has 0 bridgehead atoms. The normalized spacial score (nSPS) is 33.3. The largest absolute Gasteiger partial charge is 0.497 e. The van der Waals surface area contributed by atoms with Crippen LogP contribution in [0.15, 0.2) is 18.2 Å². The van der Waals surface area contributed by atoms with E-state index in [-0.39, 0.29) is 35.1 Å². The molecule has 25 heavy (non-hydrogen) atoms. The predicted molar refractivity (Wildman–Crippen MR) is 94.2 cm³/mol. The molecule has 0 radical (unpaired) electrons. The molecule has 1 saturated heterocycles. The van der Waals surface area contributed by atoms with Crippen molar-refractivity contribution in [2.24, 2.45) is 17.8 Å². The average molecular weight is 342 g/mol. The first kappa shape index (κ1) is 16.4. The van der Waals surface area contributed by atoms with E-state index in [4.69, 9.17) is 4.74 Å². The number of carbonyl (C=O) groups excluding carboxylic acids is 2. The molecule has 1 spiro atoms. The van der Waals surface area contributed by atoms with Gasteiger partial charge in [0.1, 0.15) is 5.75 Å². The smallest absolute Gasteiger partial charge is 0.223 e. The number of amides is 2. The molecular weight excluding hydrogens is 316 g/mol. The van der Waals surface area contributed by atoms with Crippen molar-refractivity contribution in [3.63, 3.8) is 0 Å². The molecule has 1 aromatic rings. The van der Waals surface area contributed by atoms with Crippen LogP contribution in [0, 0.1) is 17.8 Å². The van der Waals surface area contributed by atoms with Gasteiger partial charge in [-0.1, -0.05) is 13.0 Å². The van der Waals surface area contributed by atoms with Crippen molar-refractivity contribution in [2.45, 2.75) is 38.1 Å². The summed E-state index contributed by atoms with van der Waals surface area (Å²) in [6.45, 7) is 2.93. The van der Waals surface area contributed by atoms with Gasteiger partial charge in [-0.15, -0.1) is 0 Å². The minimum atomic E-state index is -0.328. The Bertz CT molecular complexity index is 732. The molecule has 0 aromatic heterocycles. The first-order valence-corrected chi connectivity index (χ1v) is 9.22. The number of nitrogens with one attached hydrogen (secondary N) is 1. The van der Waals surface area contributed by atoms with Crippen LogP contribution >= 0.6 is 0 Å². The van der Waals surface area contributed by atoms with Crippen molar-refractivity contribution >= 4 is 11.8 Å². The van der Waals surface area contributed by atoms with E-state index in [1.165, 1.54) is 11.1 Å². The molecule has 4 rings (SSSR count). The quantitative estimate of drug-likeness (QED) is 0.895. The number of carbonyl (C=O) groups is 2. The van der Waals surface area contributed by atoms with Crippen molar-refractivity contribution in [1.82, 2.24) is 10.2 Å². The molecule has 2 amide bonds. The molecule has 2 fully saturated rings. The molecule has 4 atom stereocenters. The van der Waals surface area contributed by atoms with Gasteiger partial charge >= 0.3 is 0 Å². The first-order chi connectivity index (χ1) is 12.0. The molecule has 1 aliphatic carbocycles. The van der Waals surface area contributed by atoms with Crippen LogP contribution in [0.3, 0.4) is 0 Å². The highest BCUT2D eigenvalue weighted by Gasteiger charge is 2.64. The Morgan fingerprint density at radius 1 is 1.40 bits per heavy atom. The molecule has 2 aliphatic heterocycles. The summed E-state index contributed by atoms with van der Waals surface area (Å²) in [5, 5.41) is 2.83. The number of rotatable bonds is 2. The number of nitrogens with zero attached hydrogens (tertiary/aromatic N) is 1. The standard InChI is InChI=1S/C20H26N2O3/c1-12-11-20-15-7-6-14(25-3)9-13(15)5-4-8-22(20)17(23)10-16(20)18(12)19(24)21-2/h6-7,9,12,16,18H,4-5,8,10-11H2,1-3H3,(H,21,24)/t12-,16?,18+,20-/m0/s1. The Morgan fingerprint density at radius 3 is 2.92 bits per heavy atom. The Kier molecular flexibility index (Phi) is 3.78. The summed E-state index contributed by atoms with van der Waals surface area (Å²) in [6.07, 6.45) is 3.25. The summed E-state index contributed by atoms with van der Waals surface area (Å²) in [4.78, 5) is 27.5. The maximum atomic E-state index is 12.8. The van der Waals surface area contributed by atoms with Crippen molar-refractivity contribution in [3.8, 4) is 5.75 Å². The maximum Gasteiger partial charge on any atom is 0.223 e. The summed E-state index contributed by atoms with van der Waals surface area (Å²) in [7, 11) is 3.38. The number of fused-ring (bicyclic) bond motifs is 1. The third-order valence-electron chi connectivity index (χ3n) is 6.63. The first-order valence-electron chi connectivity index (χ1n) is 9.22. The van der Waals surface area contributed by atoms with E-state index in [9.17, 15) is 9.59 Å². The van der Waals surface area contributed by atoms with Crippen LogP contribution in [0.5, 0.6) is 5.75 Å². The zero-order chi connectivity index (χ0) is 17.8. The fourth-order valence-corrected chi connectivity index (χ4v) is 5.73. The summed E-state index contributed by atoms with van der Waals surface area (Å²) in [6, 6.07) is 6.25. The van der Waals surface area contributed by atoms with Gasteiger partial charge in [-0.2, -0.15) is 0 Å². The number of hydrogen-bond donors (Lipinski definition) is 1. The molecule has 5 heteroatoms. The SMILES string of the molecule is CNC(=O)[C@H]1C2CC(=O)N3CCCc4cc(OC)ccc4[C@@]23C[C@@H]1C. The highest BCUT2D eigenvalue weighted by molar-refractivity contribution is 5.86. The molecule has 2 heterocycles. The van der Waals surface area contributed by atoms with E-state index in [0.29, 0.717) is 6.42 Å². The lowest BCUT2D eigenvalue weighted by Crippen LogP contribution is -2.45. The van der Waals surface area contributed by atoms with Crippen LogP contribution < -0.4 is 10.1 Å². The molecule has 5 nitrogen and oxygen atoms in total. The maximum absolute atomic E-state index is 12.8. The van der Waals surface area contributed by atoms with Gasteiger partial charge in [0.05, 0.1) is 12.6 Å². The number of hydrogen-bond acceptors (Lipinski definition) is 3. The predicted octanol–water partition coefficient (Wildman–Crippen LogP) is 2.09. The van der Waals surface area contributed by atoms with Crippen LogP contribution in [-0.4, -0.2) is 37.4 Å². The van der Waals surface area contributed by atoms with E-state index >= 15 is 0 Å². The molecule has 1 saturated carbocycles. The van der Waals surface area contributed by atoms with E-state index in [1.54, 1.807) is 14.2 Å². The van der Waals surface area contributed by atoms with Gasteiger partial charge in [0.15, 0.2) is 0 Å². The van der Waals surface area contributed by atoms with E-state index in [2.05, 4.69) is 29.3 Å². The highest BCUT2D eigenvalue weighted by Crippen LogP contribution is 2.60. The van der Waals surface area contributed by atoms with E-state index < -0.39 is 0 Å². The molecule has 1 N–H and O–H groups in total. The van der Waals surface area contributed by atoms with Crippen molar-refractivity contribution in [2.75, 3.05) is 20.7 Å². The van der Waals surface area contributed by atoms with Gasteiger partial charge in [-0.25, -0.2) is 0 Å². The molecule has 134 valence electrons. The Morgan fingerprint density at radius 2 is 2.20 bits per heavy atom. The van der Waals surface area contributed by atoms with E-state index in [1.807, 2.05) is 6.07 Å². The van der Waals surface area contributed by atoms with Crippen LogP contribution in [0.2, 0.25) is 0 Å². The second kappa shape index (κ2) is 5.75. The summed E-state index contributed by atoms with van der Waals surface area (Å²) in [5.41, 5.74) is 2.18. The third-order valence-corrected chi connectivity index (χ3v) is 6.63. The van der Waals surface area contributed by atoms with Crippen LogP contribution in [-0.2, 0) is 21.5 Å². The number of ether oxygens (including phenoxy) is 1. The Labute approximate surface area is 148 Å². The van der Waals surface area contributed by atoms with Gasteiger partial charge in [0.25, 0.3) is 0 Å². The van der Waals surface area contributed by atoms with Crippen LogP contribution in [0.4, 0.5) is 0 Å². The van der Waals surface area contributed by atoms with E-state index in [0.717, 1.165) is 31.6 Å². The van der Waals surface area contributed by atoms with Gasteiger partial charge in [-0.05, 0) is 48.4 Å². The van der Waals surface area contributed by atoms with Gasteiger partial charge in [0, 0.05) is 31.8 Å². The number of methoxy groups -OCH3 is 1. The topological polar surface area (TPSA) is 58.6 Å². The molecule has 1 unspecified atom stereocenters. The van der Waals surface area contributed by atoms with Gasteiger partial charge in [0.2, 0.25) is 11.8 Å². The summed E-state index contributed by atoms with van der Waals surface area (Å²) in [5.74, 6) is 1.34. The van der Waals surface area contributed by atoms with Crippen molar-refractivity contribution < 1.29 is 14.3 Å². The monoisotopic (exact) mass is 342 g/mol. The molecule has 3 aliphatic rings. The lowest BCUT2D eigenvalue weighted by Gasteiger charge is -2.39. The van der Waals surface area contributed by atoms with Gasteiger partial charge in [-0.3, -0.25) is 9.59 Å². The summed E-state index contributed by atoms with van der Waals surface area (Å²) >= 11 is 0. The number of aryl methyl sites for hydroxylation is 1. The van der Waals surface area contributed by atoms with Gasteiger partial charge < -0.3 is 15.0 Å². The summed E-state index contributed by atoms with van der Waals surface area (Å²) < 4.78 is 5.42. The second-order valence-electron chi connectivity index (χ2n) is 7.73. The fraction of sp³-hybridized carbons (Fsp3) is 0.600. The van der Waals surface area contributed by atoms with Crippen LogP contribution in [0.25, 0.3) is 0 Å². The molecule has 1 aromatic carbocycles. The zero-order valence-corrected chi connectivity index (χ0v) is 15.2. The fourth-order valence-electron chi connectivity index (χ4n) is 5.73. The second-order valence-corrected chi connectivity index (χ2v) is 7.73. The van der Waals surface area contributed by atoms with Crippen molar-refractivity contribution in [3.05, 3.63) is 29.3 Å². The minimum absolute atomic E-state index is 0.0557. The highest BCUT2D eigenvalue weighted by atomic mass is 16.5.